The molecule has 0 spiro atoms. The summed E-state index contributed by atoms with van der Waals surface area (Å²) < 4.78 is 1.01. The van der Waals surface area contributed by atoms with Crippen LogP contribution in [-0.2, 0) is 0 Å². The van der Waals surface area contributed by atoms with Gasteiger partial charge in [-0.1, -0.05) is 12.1 Å². The lowest BCUT2D eigenvalue weighted by Crippen LogP contribution is -2.20. The molecule has 108 valence electrons. The quantitative estimate of drug-likeness (QED) is 0.688. The molecule has 2 aromatic carbocycles. The first kappa shape index (κ1) is 15.3. The minimum atomic E-state index is -1.03. The number of aromatic carboxylic acids is 1. The molecule has 6 heteroatoms. The molecule has 0 bridgehead atoms. The fraction of sp³-hybridized carbons (Fsp3) is 0.0667. The number of carboxylic acid groups (broad SMARTS) is 1. The molecule has 0 aliphatic carbocycles. The molecule has 0 aliphatic heterocycles. The summed E-state index contributed by atoms with van der Waals surface area (Å²) in [5, 5.41) is 14.3. The molecular formula is C15H13IN2O3. The highest BCUT2D eigenvalue weighted by molar-refractivity contribution is 14.1. The van der Waals surface area contributed by atoms with Gasteiger partial charge in [-0.25, -0.2) is 9.59 Å². The molecule has 0 fully saturated rings. The number of urea groups is 1. The average molecular weight is 396 g/mol. The molecule has 0 aromatic heterocycles. The van der Waals surface area contributed by atoms with Gasteiger partial charge in [0.25, 0.3) is 0 Å². The molecule has 0 aliphatic rings. The van der Waals surface area contributed by atoms with E-state index in [1.807, 2.05) is 18.2 Å². The number of carbonyl (C=O) groups excluding carboxylic acids is 1. The molecule has 0 unspecified atom stereocenters. The lowest BCUT2D eigenvalue weighted by molar-refractivity contribution is 0.0697. The maximum Gasteiger partial charge on any atom is 0.335 e. The maximum atomic E-state index is 12.0. The van der Waals surface area contributed by atoms with Gasteiger partial charge in [0, 0.05) is 14.9 Å². The third-order valence-electron chi connectivity index (χ3n) is 2.82. The van der Waals surface area contributed by atoms with Crippen LogP contribution in [0.5, 0.6) is 0 Å². The number of amides is 2. The summed E-state index contributed by atoms with van der Waals surface area (Å²) in [5.41, 5.74) is 2.06. The average Bonchev–Trinajstić information content (AvgIpc) is 2.41. The van der Waals surface area contributed by atoms with Gasteiger partial charge in [0.05, 0.1) is 5.56 Å². The summed E-state index contributed by atoms with van der Waals surface area (Å²) >= 11 is 2.16. The standard InChI is InChI=1S/C15H13IN2O3/c1-9-5-6-10(14(19)20)7-13(9)18-15(21)17-12-4-2-3-11(16)8-12/h2-8H,1H3,(H,19,20)(H2,17,18,21). The van der Waals surface area contributed by atoms with Crippen LogP contribution in [0.3, 0.4) is 0 Å². The van der Waals surface area contributed by atoms with E-state index in [-0.39, 0.29) is 5.56 Å². The van der Waals surface area contributed by atoms with Crippen LogP contribution >= 0.6 is 22.6 Å². The van der Waals surface area contributed by atoms with Crippen molar-refractivity contribution in [3.8, 4) is 0 Å². The molecule has 0 heterocycles. The smallest absolute Gasteiger partial charge is 0.335 e. The molecule has 2 aromatic rings. The zero-order valence-electron chi connectivity index (χ0n) is 11.2. The summed E-state index contributed by atoms with van der Waals surface area (Å²) in [7, 11) is 0. The summed E-state index contributed by atoms with van der Waals surface area (Å²) in [4.78, 5) is 22.9. The summed E-state index contributed by atoms with van der Waals surface area (Å²) in [6.45, 7) is 1.80. The van der Waals surface area contributed by atoms with Crippen molar-refractivity contribution >= 4 is 46.0 Å². The Morgan fingerprint density at radius 2 is 1.86 bits per heavy atom. The van der Waals surface area contributed by atoms with Crippen LogP contribution in [0.15, 0.2) is 42.5 Å². The molecule has 0 saturated carbocycles. The van der Waals surface area contributed by atoms with Gasteiger partial charge in [-0.2, -0.15) is 0 Å². The second-order valence-corrected chi connectivity index (χ2v) is 5.67. The van der Waals surface area contributed by atoms with Crippen LogP contribution < -0.4 is 10.6 Å². The highest BCUT2D eigenvalue weighted by Crippen LogP contribution is 2.18. The molecule has 0 atom stereocenters. The Hall–Kier alpha value is -2.09. The van der Waals surface area contributed by atoms with Crippen LogP contribution in [0.1, 0.15) is 15.9 Å². The Bertz CT molecular complexity index is 701. The van der Waals surface area contributed by atoms with E-state index in [1.54, 1.807) is 19.1 Å². The molecular weight excluding hydrogens is 383 g/mol. The van der Waals surface area contributed by atoms with Gasteiger partial charge in [0.2, 0.25) is 0 Å². The van der Waals surface area contributed by atoms with Gasteiger partial charge in [0.15, 0.2) is 0 Å². The Morgan fingerprint density at radius 3 is 2.52 bits per heavy atom. The molecule has 5 nitrogen and oxygen atoms in total. The number of rotatable bonds is 3. The molecule has 0 radical (unpaired) electrons. The SMILES string of the molecule is Cc1ccc(C(=O)O)cc1NC(=O)Nc1cccc(I)c1. The predicted octanol–water partition coefficient (Wildman–Crippen LogP) is 3.94. The molecule has 21 heavy (non-hydrogen) atoms. The lowest BCUT2D eigenvalue weighted by Gasteiger charge is -2.11. The number of anilines is 2. The van der Waals surface area contributed by atoms with Crippen molar-refractivity contribution in [2.24, 2.45) is 0 Å². The second-order valence-electron chi connectivity index (χ2n) is 4.42. The summed E-state index contributed by atoms with van der Waals surface area (Å²) in [6.07, 6.45) is 0. The van der Waals surface area contributed by atoms with Gasteiger partial charge in [-0.15, -0.1) is 0 Å². The fourth-order valence-electron chi connectivity index (χ4n) is 1.74. The number of halogens is 1. The maximum absolute atomic E-state index is 12.0. The summed E-state index contributed by atoms with van der Waals surface area (Å²) in [5.74, 6) is -1.03. The van der Waals surface area contributed by atoms with Gasteiger partial charge in [-0.3, -0.25) is 0 Å². The van der Waals surface area contributed by atoms with E-state index in [9.17, 15) is 9.59 Å². The minimum Gasteiger partial charge on any atom is -0.478 e. The lowest BCUT2D eigenvalue weighted by atomic mass is 10.1. The van der Waals surface area contributed by atoms with E-state index in [4.69, 9.17) is 5.11 Å². The van der Waals surface area contributed by atoms with Gasteiger partial charge in [0.1, 0.15) is 0 Å². The van der Waals surface area contributed by atoms with Crippen molar-refractivity contribution in [2.75, 3.05) is 10.6 Å². The van der Waals surface area contributed by atoms with E-state index in [1.165, 1.54) is 12.1 Å². The Balaban J connectivity index is 2.12. The molecule has 0 saturated heterocycles. The first-order chi connectivity index (χ1) is 9.95. The van der Waals surface area contributed by atoms with E-state index in [0.717, 1.165) is 9.13 Å². The second kappa shape index (κ2) is 6.57. The monoisotopic (exact) mass is 396 g/mol. The van der Waals surface area contributed by atoms with Crippen molar-refractivity contribution in [1.82, 2.24) is 0 Å². The zero-order chi connectivity index (χ0) is 15.4. The van der Waals surface area contributed by atoms with Gasteiger partial charge < -0.3 is 15.7 Å². The van der Waals surface area contributed by atoms with Crippen LogP contribution in [-0.4, -0.2) is 17.1 Å². The van der Waals surface area contributed by atoms with Gasteiger partial charge in [-0.05, 0) is 65.4 Å². The molecule has 2 amide bonds. The normalized spacial score (nSPS) is 10.0. The highest BCUT2D eigenvalue weighted by Gasteiger charge is 2.09. The molecule has 3 N–H and O–H groups in total. The first-order valence-corrected chi connectivity index (χ1v) is 7.21. The van der Waals surface area contributed by atoms with E-state index >= 15 is 0 Å². The van der Waals surface area contributed by atoms with E-state index in [2.05, 4.69) is 33.2 Å². The first-order valence-electron chi connectivity index (χ1n) is 6.13. The largest absolute Gasteiger partial charge is 0.478 e. The van der Waals surface area contributed by atoms with Crippen molar-refractivity contribution in [2.45, 2.75) is 6.92 Å². The van der Waals surface area contributed by atoms with Crippen molar-refractivity contribution < 1.29 is 14.7 Å². The highest BCUT2D eigenvalue weighted by atomic mass is 127. The number of hydrogen-bond donors (Lipinski definition) is 3. The van der Waals surface area contributed by atoms with Crippen molar-refractivity contribution in [1.29, 1.82) is 0 Å². The number of aryl methyl sites for hydroxylation is 1. The van der Waals surface area contributed by atoms with E-state index < -0.39 is 12.0 Å². The zero-order valence-corrected chi connectivity index (χ0v) is 13.3. The fourth-order valence-corrected chi connectivity index (χ4v) is 2.28. The minimum absolute atomic E-state index is 0.130. The molecule has 2 rings (SSSR count). The van der Waals surface area contributed by atoms with Crippen LogP contribution in [0, 0.1) is 10.5 Å². The topological polar surface area (TPSA) is 78.4 Å². The number of hydrogen-bond acceptors (Lipinski definition) is 2. The van der Waals surface area contributed by atoms with Crippen molar-refractivity contribution in [3.05, 3.63) is 57.2 Å². The number of carbonyl (C=O) groups is 2. The third kappa shape index (κ3) is 4.19. The summed E-state index contributed by atoms with van der Waals surface area (Å²) in [6, 6.07) is 11.6. The Labute approximate surface area is 135 Å². The number of benzene rings is 2. The predicted molar refractivity (Wildman–Crippen MR) is 89.9 cm³/mol. The number of nitrogens with one attached hydrogen (secondary N) is 2. The Morgan fingerprint density at radius 1 is 1.10 bits per heavy atom. The van der Waals surface area contributed by atoms with E-state index in [0.29, 0.717) is 11.4 Å². The number of carboxylic acids is 1. The van der Waals surface area contributed by atoms with Gasteiger partial charge >= 0.3 is 12.0 Å². The van der Waals surface area contributed by atoms with Crippen LogP contribution in [0.2, 0.25) is 0 Å². The van der Waals surface area contributed by atoms with Crippen LogP contribution in [0.25, 0.3) is 0 Å². The van der Waals surface area contributed by atoms with Crippen LogP contribution in [0.4, 0.5) is 16.2 Å². The van der Waals surface area contributed by atoms with Crippen molar-refractivity contribution in [3.63, 3.8) is 0 Å². The Kier molecular flexibility index (Phi) is 4.79. The third-order valence-corrected chi connectivity index (χ3v) is 3.49.